The number of fused-ring (bicyclic) bond motifs is 1. The Morgan fingerprint density at radius 3 is 2.69 bits per heavy atom. The summed E-state index contributed by atoms with van der Waals surface area (Å²) in [7, 11) is 0. The largest absolute Gasteiger partial charge is 0.390 e. The molecule has 9 heteroatoms. The summed E-state index contributed by atoms with van der Waals surface area (Å²) in [5.41, 5.74) is 2.66. The molecule has 0 bridgehead atoms. The Kier molecular flexibility index (Phi) is 4.60. The van der Waals surface area contributed by atoms with Crippen molar-refractivity contribution in [3.8, 4) is 10.7 Å². The summed E-state index contributed by atoms with van der Waals surface area (Å²) in [5, 5.41) is 15.2. The summed E-state index contributed by atoms with van der Waals surface area (Å²) in [4.78, 5) is 12.1. The molecule has 0 spiro atoms. The van der Waals surface area contributed by atoms with Crippen LogP contribution in [0, 0.1) is 6.92 Å². The van der Waals surface area contributed by atoms with Crippen LogP contribution in [0.15, 0.2) is 10.7 Å². The molecular weight excluding hydrogens is 376 g/mol. The number of morpholine rings is 1. The van der Waals surface area contributed by atoms with E-state index in [9.17, 15) is 5.11 Å². The van der Waals surface area contributed by atoms with Gasteiger partial charge >= 0.3 is 0 Å². The lowest BCUT2D eigenvalue weighted by Crippen LogP contribution is -2.46. The summed E-state index contributed by atoms with van der Waals surface area (Å²) in [6, 6.07) is 0. The fourth-order valence-electron chi connectivity index (χ4n) is 3.35. The second-order valence-corrected chi connectivity index (χ2v) is 8.14. The molecular formula is C17H19ClN4O3S. The summed E-state index contributed by atoms with van der Waals surface area (Å²) >= 11 is 8.18. The van der Waals surface area contributed by atoms with E-state index in [1.807, 2.05) is 20.8 Å². The van der Waals surface area contributed by atoms with Crippen molar-refractivity contribution in [1.29, 1.82) is 0 Å². The van der Waals surface area contributed by atoms with E-state index in [1.54, 1.807) is 6.20 Å². The van der Waals surface area contributed by atoms with Gasteiger partial charge in [0.15, 0.2) is 5.69 Å². The number of aliphatic hydroxyl groups excluding tert-OH is 1. The summed E-state index contributed by atoms with van der Waals surface area (Å²) < 4.78 is 11.3. The average Bonchev–Trinajstić information content (AvgIpc) is 3.19. The van der Waals surface area contributed by atoms with Crippen LogP contribution in [-0.2, 0) is 11.3 Å². The molecule has 4 rings (SSSR count). The smallest absolute Gasteiger partial charge is 0.206 e. The number of hydrogen-bond acceptors (Lipinski definition) is 8. The van der Waals surface area contributed by atoms with Crippen LogP contribution in [0.1, 0.15) is 24.4 Å². The standard InChI is InChI=1S/C17H19ClN4O3S/c1-8-5-22(6-9(2)24-8)15-11(7-23)20-13-14(17-19-4-10(3)26-17)21-25-16(13)12(15)18/h4,8-9,23H,5-7H2,1-3H3/t8-,9+. The average molecular weight is 395 g/mol. The van der Waals surface area contributed by atoms with E-state index < -0.39 is 0 Å². The lowest BCUT2D eigenvalue weighted by molar-refractivity contribution is -0.00533. The zero-order valence-corrected chi connectivity index (χ0v) is 16.3. The molecule has 3 aromatic heterocycles. The van der Waals surface area contributed by atoms with E-state index in [2.05, 4.69) is 20.0 Å². The summed E-state index contributed by atoms with van der Waals surface area (Å²) in [6.45, 7) is 7.10. The van der Waals surface area contributed by atoms with Crippen molar-refractivity contribution in [3.63, 3.8) is 0 Å². The van der Waals surface area contributed by atoms with Crippen LogP contribution in [0.25, 0.3) is 21.8 Å². The number of thiazole rings is 1. The number of rotatable bonds is 3. The fraction of sp³-hybridized carbons (Fsp3) is 0.471. The molecule has 0 unspecified atom stereocenters. The Morgan fingerprint density at radius 2 is 2.08 bits per heavy atom. The SMILES string of the molecule is Cc1cnc(-c2noc3c(Cl)c(N4C[C@@H](C)O[C@@H](C)C4)c(CO)nc23)s1. The van der Waals surface area contributed by atoms with Crippen molar-refractivity contribution < 1.29 is 14.4 Å². The number of ether oxygens (including phenoxy) is 1. The molecule has 1 N–H and O–H groups in total. The Labute approximate surface area is 159 Å². The van der Waals surface area contributed by atoms with Crippen molar-refractivity contribution in [2.45, 2.75) is 39.6 Å². The first kappa shape index (κ1) is 17.7. The maximum atomic E-state index is 9.92. The first-order valence-electron chi connectivity index (χ1n) is 8.39. The minimum Gasteiger partial charge on any atom is -0.390 e. The highest BCUT2D eigenvalue weighted by Gasteiger charge is 2.29. The van der Waals surface area contributed by atoms with Gasteiger partial charge in [-0.1, -0.05) is 16.8 Å². The van der Waals surface area contributed by atoms with E-state index >= 15 is 0 Å². The second kappa shape index (κ2) is 6.77. The molecule has 1 saturated heterocycles. The zero-order chi connectivity index (χ0) is 18.4. The third kappa shape index (κ3) is 2.96. The third-order valence-electron chi connectivity index (χ3n) is 4.30. The monoisotopic (exact) mass is 394 g/mol. The molecule has 0 saturated carbocycles. The predicted octanol–water partition coefficient (Wildman–Crippen LogP) is 3.41. The fourth-order valence-corrected chi connectivity index (χ4v) is 4.45. The number of hydrogen-bond donors (Lipinski definition) is 1. The second-order valence-electron chi connectivity index (χ2n) is 6.53. The maximum Gasteiger partial charge on any atom is 0.206 e. The minimum absolute atomic E-state index is 0.0561. The molecule has 0 amide bonds. The summed E-state index contributed by atoms with van der Waals surface area (Å²) in [6.07, 6.45) is 1.89. The van der Waals surface area contributed by atoms with Crippen molar-refractivity contribution >= 4 is 39.7 Å². The van der Waals surface area contributed by atoms with Gasteiger partial charge < -0.3 is 19.3 Å². The van der Waals surface area contributed by atoms with Gasteiger partial charge in [-0.2, -0.15) is 0 Å². The van der Waals surface area contributed by atoms with Gasteiger partial charge in [0.05, 0.1) is 30.2 Å². The maximum absolute atomic E-state index is 9.92. The topological polar surface area (TPSA) is 84.5 Å². The lowest BCUT2D eigenvalue weighted by Gasteiger charge is -2.37. The van der Waals surface area contributed by atoms with Crippen LogP contribution in [0.4, 0.5) is 5.69 Å². The van der Waals surface area contributed by atoms with Crippen LogP contribution in [0.2, 0.25) is 5.02 Å². The number of halogens is 1. The van der Waals surface area contributed by atoms with Crippen molar-refractivity contribution in [3.05, 3.63) is 21.8 Å². The Morgan fingerprint density at radius 1 is 1.35 bits per heavy atom. The minimum atomic E-state index is -0.230. The van der Waals surface area contributed by atoms with Gasteiger partial charge in [0, 0.05) is 24.2 Å². The van der Waals surface area contributed by atoms with Crippen molar-refractivity contribution in [2.75, 3.05) is 18.0 Å². The van der Waals surface area contributed by atoms with Gasteiger partial charge in [0.2, 0.25) is 5.58 Å². The van der Waals surface area contributed by atoms with Gasteiger partial charge in [-0.05, 0) is 20.8 Å². The van der Waals surface area contributed by atoms with Crippen LogP contribution >= 0.6 is 22.9 Å². The van der Waals surface area contributed by atoms with Crippen molar-refractivity contribution in [2.24, 2.45) is 0 Å². The molecule has 0 aliphatic carbocycles. The van der Waals surface area contributed by atoms with Gasteiger partial charge in [-0.15, -0.1) is 11.3 Å². The van der Waals surface area contributed by atoms with Crippen LogP contribution < -0.4 is 4.90 Å². The van der Waals surface area contributed by atoms with E-state index in [4.69, 9.17) is 20.9 Å². The van der Waals surface area contributed by atoms with Crippen LogP contribution in [0.5, 0.6) is 0 Å². The van der Waals surface area contributed by atoms with Gasteiger partial charge in [0.1, 0.15) is 15.5 Å². The predicted molar refractivity (Wildman–Crippen MR) is 101 cm³/mol. The quantitative estimate of drug-likeness (QED) is 0.728. The number of aliphatic hydroxyl groups is 1. The highest BCUT2D eigenvalue weighted by Crippen LogP contribution is 2.40. The normalized spacial score (nSPS) is 20.9. The Bertz CT molecular complexity index is 947. The first-order chi connectivity index (χ1) is 12.5. The molecule has 1 aliphatic heterocycles. The van der Waals surface area contributed by atoms with Gasteiger partial charge in [-0.3, -0.25) is 0 Å². The molecule has 26 heavy (non-hydrogen) atoms. The molecule has 1 fully saturated rings. The molecule has 138 valence electrons. The molecule has 3 aromatic rings. The van der Waals surface area contributed by atoms with E-state index in [-0.39, 0.29) is 18.8 Å². The molecule has 4 heterocycles. The van der Waals surface area contributed by atoms with Gasteiger partial charge in [-0.25, -0.2) is 9.97 Å². The number of aromatic nitrogens is 3. The number of aryl methyl sites for hydroxylation is 1. The van der Waals surface area contributed by atoms with E-state index in [0.717, 1.165) is 9.88 Å². The number of nitrogens with zero attached hydrogens (tertiary/aromatic N) is 4. The lowest BCUT2D eigenvalue weighted by atomic mass is 10.1. The molecule has 7 nitrogen and oxygen atoms in total. The van der Waals surface area contributed by atoms with E-state index in [1.165, 1.54) is 11.3 Å². The van der Waals surface area contributed by atoms with Crippen molar-refractivity contribution in [1.82, 2.24) is 15.1 Å². The van der Waals surface area contributed by atoms with Gasteiger partial charge in [0.25, 0.3) is 0 Å². The first-order valence-corrected chi connectivity index (χ1v) is 9.59. The Balaban J connectivity index is 1.86. The molecule has 0 radical (unpaired) electrons. The Hall–Kier alpha value is -1.74. The molecule has 2 atom stereocenters. The summed E-state index contributed by atoms with van der Waals surface area (Å²) in [5.74, 6) is 0. The molecule has 1 aliphatic rings. The highest BCUT2D eigenvalue weighted by atomic mass is 35.5. The van der Waals surface area contributed by atoms with Crippen LogP contribution in [-0.4, -0.2) is 45.5 Å². The van der Waals surface area contributed by atoms with Crippen LogP contribution in [0.3, 0.4) is 0 Å². The van der Waals surface area contributed by atoms with E-state index in [0.29, 0.717) is 46.3 Å². The number of anilines is 1. The third-order valence-corrected chi connectivity index (χ3v) is 5.57. The highest BCUT2D eigenvalue weighted by molar-refractivity contribution is 7.15. The zero-order valence-electron chi connectivity index (χ0n) is 14.7. The number of pyridine rings is 1. The molecule has 0 aromatic carbocycles.